The minimum atomic E-state index is -0.475. The number of carbonyl (C=O) groups excluding carboxylic acids is 2. The van der Waals surface area contributed by atoms with Gasteiger partial charge >= 0.3 is 0 Å². The number of anilines is 1. The van der Waals surface area contributed by atoms with Crippen LogP contribution in [0.2, 0.25) is 0 Å². The fraction of sp³-hybridized carbons (Fsp3) is 0.263. The SMILES string of the molecule is CC(=NNC(=O)c1cccnc1)c1cccc(NC(=O)C(C)(C)C)c1. The topological polar surface area (TPSA) is 83.4 Å². The lowest BCUT2D eigenvalue weighted by Gasteiger charge is -2.18. The van der Waals surface area contributed by atoms with Gasteiger partial charge in [0.2, 0.25) is 5.91 Å². The Hall–Kier alpha value is -3.02. The number of carbonyl (C=O) groups is 2. The Balaban J connectivity index is 2.09. The molecule has 0 aliphatic heterocycles. The molecule has 1 aromatic carbocycles. The van der Waals surface area contributed by atoms with Crippen molar-refractivity contribution >= 4 is 23.2 Å². The maximum Gasteiger partial charge on any atom is 0.272 e. The molecule has 0 unspecified atom stereocenters. The smallest absolute Gasteiger partial charge is 0.272 e. The third-order valence-electron chi connectivity index (χ3n) is 3.47. The number of benzene rings is 1. The number of hydrogen-bond acceptors (Lipinski definition) is 4. The van der Waals surface area contributed by atoms with E-state index in [0.717, 1.165) is 5.56 Å². The van der Waals surface area contributed by atoms with Crippen molar-refractivity contribution in [2.75, 3.05) is 5.32 Å². The largest absolute Gasteiger partial charge is 0.326 e. The second-order valence-electron chi connectivity index (χ2n) is 6.66. The first-order valence-electron chi connectivity index (χ1n) is 7.94. The number of nitrogens with zero attached hydrogens (tertiary/aromatic N) is 2. The molecule has 2 amide bonds. The van der Waals surface area contributed by atoms with Crippen molar-refractivity contribution in [3.63, 3.8) is 0 Å². The van der Waals surface area contributed by atoms with Gasteiger partial charge in [-0.05, 0) is 36.8 Å². The summed E-state index contributed by atoms with van der Waals surface area (Å²) in [6.45, 7) is 7.35. The summed E-state index contributed by atoms with van der Waals surface area (Å²) in [5.74, 6) is -0.395. The fourth-order valence-electron chi connectivity index (χ4n) is 1.90. The summed E-state index contributed by atoms with van der Waals surface area (Å²) in [5.41, 5.74) is 4.58. The highest BCUT2D eigenvalue weighted by atomic mass is 16.2. The lowest BCUT2D eigenvalue weighted by atomic mass is 9.95. The van der Waals surface area contributed by atoms with Crippen molar-refractivity contribution in [1.29, 1.82) is 0 Å². The van der Waals surface area contributed by atoms with Gasteiger partial charge in [-0.25, -0.2) is 5.43 Å². The summed E-state index contributed by atoms with van der Waals surface area (Å²) in [6.07, 6.45) is 3.07. The number of hydrogen-bond donors (Lipinski definition) is 2. The third kappa shape index (κ3) is 5.24. The van der Waals surface area contributed by atoms with E-state index in [1.807, 2.05) is 45.0 Å². The monoisotopic (exact) mass is 338 g/mol. The van der Waals surface area contributed by atoms with Crippen molar-refractivity contribution in [1.82, 2.24) is 10.4 Å². The summed E-state index contributed by atoms with van der Waals surface area (Å²) in [4.78, 5) is 28.0. The highest BCUT2D eigenvalue weighted by Crippen LogP contribution is 2.18. The number of rotatable bonds is 4. The van der Waals surface area contributed by atoms with Gasteiger partial charge in [0, 0.05) is 23.5 Å². The van der Waals surface area contributed by atoms with Gasteiger partial charge in [0.25, 0.3) is 5.91 Å². The van der Waals surface area contributed by atoms with E-state index in [2.05, 4.69) is 20.8 Å². The zero-order valence-corrected chi connectivity index (χ0v) is 14.8. The van der Waals surface area contributed by atoms with Gasteiger partial charge in [-0.1, -0.05) is 32.9 Å². The summed E-state index contributed by atoms with van der Waals surface area (Å²) in [6, 6.07) is 10.7. The van der Waals surface area contributed by atoms with Crippen LogP contribution in [0.5, 0.6) is 0 Å². The molecule has 6 nitrogen and oxygen atoms in total. The minimum Gasteiger partial charge on any atom is -0.326 e. The van der Waals surface area contributed by atoms with Gasteiger partial charge in [0.15, 0.2) is 0 Å². The maximum atomic E-state index is 12.1. The Labute approximate surface area is 147 Å². The molecule has 0 fully saturated rings. The van der Waals surface area contributed by atoms with Gasteiger partial charge in [-0.3, -0.25) is 14.6 Å². The van der Waals surface area contributed by atoms with Gasteiger partial charge in [0.1, 0.15) is 0 Å². The summed E-state index contributed by atoms with van der Waals surface area (Å²) in [5, 5.41) is 6.99. The Bertz CT molecular complexity index is 793. The summed E-state index contributed by atoms with van der Waals surface area (Å²) in [7, 11) is 0. The lowest BCUT2D eigenvalue weighted by Crippen LogP contribution is -2.27. The van der Waals surface area contributed by atoms with Gasteiger partial charge in [-0.2, -0.15) is 5.10 Å². The van der Waals surface area contributed by atoms with E-state index in [9.17, 15) is 9.59 Å². The molecule has 0 bridgehead atoms. The zero-order chi connectivity index (χ0) is 18.4. The van der Waals surface area contributed by atoms with E-state index >= 15 is 0 Å². The molecular formula is C19H22N4O2. The molecule has 25 heavy (non-hydrogen) atoms. The van der Waals surface area contributed by atoms with Crippen LogP contribution >= 0.6 is 0 Å². The number of hydrazone groups is 1. The van der Waals surface area contributed by atoms with Crippen molar-refractivity contribution < 1.29 is 9.59 Å². The molecule has 6 heteroatoms. The van der Waals surface area contributed by atoms with E-state index in [1.165, 1.54) is 6.20 Å². The molecule has 130 valence electrons. The summed E-state index contributed by atoms with van der Waals surface area (Å²) < 4.78 is 0. The highest BCUT2D eigenvalue weighted by Gasteiger charge is 2.21. The molecule has 0 radical (unpaired) electrons. The number of pyridine rings is 1. The highest BCUT2D eigenvalue weighted by molar-refractivity contribution is 6.02. The van der Waals surface area contributed by atoms with Crippen molar-refractivity contribution in [2.45, 2.75) is 27.7 Å². The molecular weight excluding hydrogens is 316 g/mol. The van der Waals surface area contributed by atoms with Crippen LogP contribution in [0, 0.1) is 5.41 Å². The normalized spacial score (nSPS) is 11.8. The molecule has 1 aromatic heterocycles. The molecule has 0 saturated heterocycles. The molecule has 0 atom stereocenters. The van der Waals surface area contributed by atoms with Crippen LogP contribution < -0.4 is 10.7 Å². The van der Waals surface area contributed by atoms with Gasteiger partial charge < -0.3 is 5.32 Å². The predicted molar refractivity (Wildman–Crippen MR) is 98.4 cm³/mol. The van der Waals surface area contributed by atoms with Gasteiger partial charge in [-0.15, -0.1) is 0 Å². The first kappa shape index (κ1) is 18.3. The summed E-state index contributed by atoms with van der Waals surface area (Å²) >= 11 is 0. The molecule has 0 aliphatic carbocycles. The maximum absolute atomic E-state index is 12.1. The average Bonchev–Trinajstić information content (AvgIpc) is 2.59. The minimum absolute atomic E-state index is 0.0656. The van der Waals surface area contributed by atoms with Crippen LogP contribution in [0.1, 0.15) is 43.6 Å². The lowest BCUT2D eigenvalue weighted by molar-refractivity contribution is -0.123. The Kier molecular flexibility index (Phi) is 5.64. The molecule has 2 rings (SSSR count). The third-order valence-corrected chi connectivity index (χ3v) is 3.47. The van der Waals surface area contributed by atoms with Gasteiger partial charge in [0.05, 0.1) is 11.3 Å². The number of amides is 2. The van der Waals surface area contributed by atoms with E-state index in [4.69, 9.17) is 0 Å². The Morgan fingerprint density at radius 1 is 1.08 bits per heavy atom. The molecule has 2 aromatic rings. The second kappa shape index (κ2) is 7.70. The average molecular weight is 338 g/mol. The Morgan fingerprint density at radius 2 is 1.80 bits per heavy atom. The molecule has 0 spiro atoms. The van der Waals surface area contributed by atoms with Crippen molar-refractivity contribution in [3.05, 3.63) is 59.9 Å². The standard InChI is InChI=1S/C19H22N4O2/c1-13(22-23-17(24)15-8-6-10-20-12-15)14-7-5-9-16(11-14)21-18(25)19(2,3)4/h5-12H,1-4H3,(H,21,25)(H,23,24). The zero-order valence-electron chi connectivity index (χ0n) is 14.8. The van der Waals surface area contributed by atoms with Crippen molar-refractivity contribution in [3.8, 4) is 0 Å². The molecule has 0 saturated carbocycles. The Morgan fingerprint density at radius 3 is 2.44 bits per heavy atom. The van der Waals surface area contributed by atoms with Crippen LogP contribution in [-0.2, 0) is 4.79 Å². The first-order chi connectivity index (χ1) is 11.8. The van der Waals surface area contributed by atoms with E-state index in [-0.39, 0.29) is 11.8 Å². The number of nitrogens with one attached hydrogen (secondary N) is 2. The van der Waals surface area contributed by atoms with E-state index in [1.54, 1.807) is 25.3 Å². The fourth-order valence-corrected chi connectivity index (χ4v) is 1.90. The van der Waals surface area contributed by atoms with Crippen LogP contribution in [0.25, 0.3) is 0 Å². The van der Waals surface area contributed by atoms with Crippen molar-refractivity contribution in [2.24, 2.45) is 10.5 Å². The first-order valence-corrected chi connectivity index (χ1v) is 7.94. The van der Waals surface area contributed by atoms with Crippen LogP contribution in [0.4, 0.5) is 5.69 Å². The van der Waals surface area contributed by atoms with Crippen LogP contribution in [0.3, 0.4) is 0 Å². The predicted octanol–water partition coefficient (Wildman–Crippen LogP) is 3.22. The molecule has 2 N–H and O–H groups in total. The number of aromatic nitrogens is 1. The molecule has 0 aliphatic rings. The second-order valence-corrected chi connectivity index (χ2v) is 6.66. The quantitative estimate of drug-likeness (QED) is 0.663. The van der Waals surface area contributed by atoms with E-state index in [0.29, 0.717) is 17.0 Å². The molecule has 1 heterocycles. The van der Waals surface area contributed by atoms with Crippen LogP contribution in [0.15, 0.2) is 53.9 Å². The van der Waals surface area contributed by atoms with Crippen LogP contribution in [-0.4, -0.2) is 22.5 Å². The van der Waals surface area contributed by atoms with E-state index < -0.39 is 5.41 Å².